The van der Waals surface area contributed by atoms with E-state index in [1.807, 2.05) is 24.3 Å². The molecule has 3 nitrogen and oxygen atoms in total. The molecule has 3 aromatic heterocycles. The van der Waals surface area contributed by atoms with Gasteiger partial charge in [0.05, 0.1) is 27.9 Å². The van der Waals surface area contributed by atoms with Crippen LogP contribution in [0.4, 0.5) is 0 Å². The summed E-state index contributed by atoms with van der Waals surface area (Å²) in [6.07, 6.45) is 0. The Balaban J connectivity index is 0.941. The van der Waals surface area contributed by atoms with E-state index < -0.39 is 0 Å². The minimum Gasteiger partial charge on any atom is -0.307 e. The summed E-state index contributed by atoms with van der Waals surface area (Å²) >= 11 is 0. The van der Waals surface area contributed by atoms with Crippen molar-refractivity contribution in [2.45, 2.75) is 19.3 Å². The second kappa shape index (κ2) is 13.9. The first kappa shape index (κ1) is 36.5. The summed E-state index contributed by atoms with van der Waals surface area (Å²) in [5, 5.41) is 5.14. The Labute approximate surface area is 372 Å². The van der Waals surface area contributed by atoms with E-state index in [4.69, 9.17) is 9.97 Å². The van der Waals surface area contributed by atoms with Crippen LogP contribution in [0.25, 0.3) is 117 Å². The Morgan fingerprint density at radius 2 is 0.828 bits per heavy atom. The van der Waals surface area contributed by atoms with Gasteiger partial charge in [-0.3, -0.25) is 0 Å². The van der Waals surface area contributed by atoms with Crippen LogP contribution >= 0.6 is 0 Å². The summed E-state index contributed by atoms with van der Waals surface area (Å²) in [5.74, 6) is 0.722. The number of para-hydroxylation sites is 2. The van der Waals surface area contributed by atoms with Crippen LogP contribution in [0.15, 0.2) is 212 Å². The fraction of sp³-hybridized carbons (Fsp3) is 0.0492. The minimum atomic E-state index is -0.148. The molecule has 3 heteroatoms. The van der Waals surface area contributed by atoms with Crippen molar-refractivity contribution >= 4 is 38.1 Å². The van der Waals surface area contributed by atoms with Gasteiger partial charge in [-0.25, -0.2) is 9.97 Å². The molecule has 0 N–H and O–H groups in total. The van der Waals surface area contributed by atoms with E-state index in [0.717, 1.165) is 33.9 Å². The highest BCUT2D eigenvalue weighted by molar-refractivity contribution is 6.25. The van der Waals surface area contributed by atoms with E-state index in [1.54, 1.807) is 0 Å². The van der Waals surface area contributed by atoms with Crippen molar-refractivity contribution in [2.75, 3.05) is 0 Å². The Bertz CT molecular complexity index is 3730. The van der Waals surface area contributed by atoms with Crippen molar-refractivity contribution in [3.05, 3.63) is 223 Å². The highest BCUT2D eigenvalue weighted by Gasteiger charge is 2.36. The number of rotatable bonds is 6. The van der Waals surface area contributed by atoms with Gasteiger partial charge >= 0.3 is 0 Å². The molecule has 0 radical (unpaired) electrons. The van der Waals surface area contributed by atoms with Crippen LogP contribution in [-0.2, 0) is 5.41 Å². The number of fused-ring (bicyclic) bond motifs is 9. The molecule has 0 amide bonds. The molecule has 0 saturated heterocycles. The third-order valence-corrected chi connectivity index (χ3v) is 13.8. The topological polar surface area (TPSA) is 30.2 Å². The summed E-state index contributed by atoms with van der Waals surface area (Å²) in [7, 11) is 0. The van der Waals surface area contributed by atoms with Crippen molar-refractivity contribution in [1.29, 1.82) is 0 Å². The molecule has 0 aliphatic heterocycles. The number of nitrogens with zero attached hydrogens (tertiary/aromatic N) is 3. The molecule has 9 aromatic carbocycles. The number of aromatic nitrogens is 3. The monoisotopic (exact) mass is 815 g/mol. The molecule has 64 heavy (non-hydrogen) atoms. The Kier molecular flexibility index (Phi) is 7.95. The Morgan fingerprint density at radius 3 is 1.55 bits per heavy atom. The third-order valence-electron chi connectivity index (χ3n) is 13.8. The lowest BCUT2D eigenvalue weighted by atomic mass is 9.82. The lowest BCUT2D eigenvalue weighted by Crippen LogP contribution is -2.14. The minimum absolute atomic E-state index is 0.148. The molecule has 1 aliphatic rings. The third kappa shape index (κ3) is 5.54. The van der Waals surface area contributed by atoms with Crippen LogP contribution in [0.2, 0.25) is 0 Å². The standard InChI is InChI=1S/C61H41N3/c1-61(2)53-31-28-42(34-51(53)52-35-45(29-32-54(52)61)56-37-55(39-17-8-4-9-18-39)62-60(63-56)40-19-10-5-11-20-40)41-21-12-22-44(33-41)46-23-13-25-49-50-26-14-24-48-47-30-27-43(38-15-6-3-7-16-38)36-57(47)64(58(46)49)59(48)50/h3-37H,1-2H3. The largest absolute Gasteiger partial charge is 0.307 e. The zero-order valence-electron chi connectivity index (χ0n) is 35.5. The van der Waals surface area contributed by atoms with E-state index in [2.05, 4.69) is 206 Å². The van der Waals surface area contributed by atoms with Gasteiger partial charge in [-0.15, -0.1) is 0 Å². The van der Waals surface area contributed by atoms with Gasteiger partial charge in [0.2, 0.25) is 0 Å². The summed E-state index contributed by atoms with van der Waals surface area (Å²) < 4.78 is 2.53. The van der Waals surface area contributed by atoms with E-state index in [1.165, 1.54) is 93.7 Å². The van der Waals surface area contributed by atoms with Gasteiger partial charge in [0.15, 0.2) is 5.82 Å². The average Bonchev–Trinajstić information content (AvgIpc) is 3.96. The first-order valence-corrected chi connectivity index (χ1v) is 22.1. The highest BCUT2D eigenvalue weighted by atomic mass is 14.9. The normalized spacial score (nSPS) is 13.0. The maximum Gasteiger partial charge on any atom is 0.160 e. The molecule has 0 unspecified atom stereocenters. The van der Waals surface area contributed by atoms with Gasteiger partial charge in [0.25, 0.3) is 0 Å². The molecule has 0 saturated carbocycles. The molecule has 1 aliphatic carbocycles. The highest BCUT2D eigenvalue weighted by Crippen LogP contribution is 2.51. The van der Waals surface area contributed by atoms with Gasteiger partial charge in [-0.05, 0) is 80.4 Å². The van der Waals surface area contributed by atoms with Gasteiger partial charge < -0.3 is 4.40 Å². The number of hydrogen-bond donors (Lipinski definition) is 0. The van der Waals surface area contributed by atoms with Crippen LogP contribution < -0.4 is 0 Å². The first-order valence-electron chi connectivity index (χ1n) is 22.1. The van der Waals surface area contributed by atoms with Gasteiger partial charge in [-0.2, -0.15) is 0 Å². The van der Waals surface area contributed by atoms with Gasteiger partial charge in [-0.1, -0.05) is 196 Å². The fourth-order valence-corrected chi connectivity index (χ4v) is 10.6. The molecule has 13 rings (SSSR count). The van der Waals surface area contributed by atoms with E-state index in [-0.39, 0.29) is 5.41 Å². The summed E-state index contributed by atoms with van der Waals surface area (Å²) in [5.41, 5.74) is 21.1. The van der Waals surface area contributed by atoms with Crippen molar-refractivity contribution in [3.8, 4) is 78.4 Å². The van der Waals surface area contributed by atoms with Gasteiger partial charge in [0, 0.05) is 49.2 Å². The molecule has 3 heterocycles. The van der Waals surface area contributed by atoms with Crippen molar-refractivity contribution in [1.82, 2.24) is 14.4 Å². The zero-order valence-corrected chi connectivity index (χ0v) is 35.5. The summed E-state index contributed by atoms with van der Waals surface area (Å²) in [6, 6.07) is 77.2. The van der Waals surface area contributed by atoms with Crippen molar-refractivity contribution in [3.63, 3.8) is 0 Å². The molecule has 0 fully saturated rings. The summed E-state index contributed by atoms with van der Waals surface area (Å²) in [4.78, 5) is 10.2. The quantitative estimate of drug-likeness (QED) is 0.167. The molecule has 12 aromatic rings. The lowest BCUT2D eigenvalue weighted by Gasteiger charge is -2.21. The first-order chi connectivity index (χ1) is 31.5. The van der Waals surface area contributed by atoms with Crippen LogP contribution in [0.3, 0.4) is 0 Å². The van der Waals surface area contributed by atoms with E-state index in [9.17, 15) is 0 Å². The lowest BCUT2D eigenvalue weighted by molar-refractivity contribution is 0.660. The van der Waals surface area contributed by atoms with Crippen molar-refractivity contribution in [2.24, 2.45) is 0 Å². The second-order valence-corrected chi connectivity index (χ2v) is 17.8. The maximum absolute atomic E-state index is 5.19. The van der Waals surface area contributed by atoms with Crippen LogP contribution in [0, 0.1) is 0 Å². The fourth-order valence-electron chi connectivity index (χ4n) is 10.6. The maximum atomic E-state index is 5.19. The molecular formula is C61H41N3. The summed E-state index contributed by atoms with van der Waals surface area (Å²) in [6.45, 7) is 4.70. The average molecular weight is 816 g/mol. The van der Waals surface area contributed by atoms with Crippen LogP contribution in [0.5, 0.6) is 0 Å². The molecule has 300 valence electrons. The molecule has 0 bridgehead atoms. The Hall–Kier alpha value is -8.14. The van der Waals surface area contributed by atoms with Crippen LogP contribution in [0.1, 0.15) is 25.0 Å². The smallest absolute Gasteiger partial charge is 0.160 e. The molecule has 0 spiro atoms. The number of hydrogen-bond acceptors (Lipinski definition) is 2. The number of benzene rings is 9. The molecular weight excluding hydrogens is 775 g/mol. The zero-order chi connectivity index (χ0) is 42.5. The second-order valence-electron chi connectivity index (χ2n) is 17.8. The SMILES string of the molecule is CC1(C)c2ccc(-c3cccc(-c4cccc5c6cccc7c8ccc(-c9ccccc9)cc8n(c45)c76)c3)cc2-c2cc(-c3cc(-c4ccccc4)nc(-c4ccccc4)n3)ccc21. The van der Waals surface area contributed by atoms with Gasteiger partial charge in [0.1, 0.15) is 0 Å². The van der Waals surface area contributed by atoms with Crippen molar-refractivity contribution < 1.29 is 0 Å². The molecule has 0 atom stereocenters. The van der Waals surface area contributed by atoms with Crippen LogP contribution in [-0.4, -0.2) is 14.4 Å². The predicted molar refractivity (Wildman–Crippen MR) is 267 cm³/mol. The Morgan fingerprint density at radius 1 is 0.328 bits per heavy atom. The van der Waals surface area contributed by atoms with E-state index >= 15 is 0 Å². The predicted octanol–water partition coefficient (Wildman–Crippen LogP) is 15.9. The van der Waals surface area contributed by atoms with E-state index in [0.29, 0.717) is 0 Å².